The number of nitrogens with zero attached hydrogens (tertiary/aromatic N) is 1. The highest BCUT2D eigenvalue weighted by Crippen LogP contribution is 2.07. The topological polar surface area (TPSA) is 87.4 Å². The van der Waals surface area contributed by atoms with Crippen LogP contribution in [0, 0.1) is 5.82 Å². The normalized spacial score (nSPS) is 16.1. The maximum Gasteiger partial charge on any atom is 0.279 e. The van der Waals surface area contributed by atoms with Crippen molar-refractivity contribution in [2.45, 2.75) is 26.3 Å². The van der Waals surface area contributed by atoms with E-state index in [-0.39, 0.29) is 42.2 Å². The van der Waals surface area contributed by atoms with Gasteiger partial charge in [-0.3, -0.25) is 14.4 Å². The van der Waals surface area contributed by atoms with Crippen molar-refractivity contribution in [3.8, 4) is 0 Å². The van der Waals surface area contributed by atoms with Gasteiger partial charge >= 0.3 is 0 Å². The van der Waals surface area contributed by atoms with Crippen LogP contribution in [-0.4, -0.2) is 81.0 Å². The van der Waals surface area contributed by atoms with Crippen molar-refractivity contribution in [1.82, 2.24) is 10.2 Å². The fourth-order valence-electron chi connectivity index (χ4n) is 3.38. The summed E-state index contributed by atoms with van der Waals surface area (Å²) in [5.74, 6) is -0.571. The van der Waals surface area contributed by atoms with Gasteiger partial charge in [0, 0.05) is 11.2 Å². The second-order valence-electron chi connectivity index (χ2n) is 8.97. The molecule has 1 atom stereocenters. The third kappa shape index (κ3) is 8.46. The number of amides is 3. The van der Waals surface area contributed by atoms with Gasteiger partial charge in [-0.2, -0.15) is 0 Å². The van der Waals surface area contributed by atoms with E-state index >= 15 is 0 Å². The standard InChI is InChI=1S/C21H32FN5O3/c1-21(2,3)24-19(29)14-26-9-11-27(12-10-26)20(30)15-25(4)13-18(28)23-17-7-5-16(22)6-8-17/h5-8H,9-15H2,1-4H3,(H,23,28)(H,24,29)/p+2. The molecule has 0 spiro atoms. The molecule has 0 radical (unpaired) electrons. The largest absolute Gasteiger partial charge is 0.347 e. The number of piperazine rings is 1. The van der Waals surface area contributed by atoms with Gasteiger partial charge in [-0.05, 0) is 45.0 Å². The molecular formula is C21H34FN5O3+2. The van der Waals surface area contributed by atoms with Crippen LogP contribution in [0.3, 0.4) is 0 Å². The number of carbonyl (C=O) groups is 3. The first kappa shape index (κ1) is 23.8. The van der Waals surface area contributed by atoms with Gasteiger partial charge in [0.15, 0.2) is 19.6 Å². The summed E-state index contributed by atoms with van der Waals surface area (Å²) in [6.45, 7) is 9.30. The molecule has 1 heterocycles. The van der Waals surface area contributed by atoms with E-state index in [0.717, 1.165) is 18.0 Å². The van der Waals surface area contributed by atoms with Crippen molar-refractivity contribution < 1.29 is 28.6 Å². The molecule has 0 aliphatic carbocycles. The lowest BCUT2D eigenvalue weighted by Gasteiger charge is -2.32. The first-order valence-electron chi connectivity index (χ1n) is 10.3. The van der Waals surface area contributed by atoms with Crippen LogP contribution in [0.4, 0.5) is 10.1 Å². The van der Waals surface area contributed by atoms with Crippen LogP contribution < -0.4 is 20.4 Å². The highest BCUT2D eigenvalue weighted by molar-refractivity contribution is 5.91. The average molecular weight is 424 g/mol. The minimum atomic E-state index is -0.363. The highest BCUT2D eigenvalue weighted by Gasteiger charge is 2.28. The molecule has 1 unspecified atom stereocenters. The Morgan fingerprint density at radius 1 is 1.07 bits per heavy atom. The van der Waals surface area contributed by atoms with E-state index in [2.05, 4.69) is 10.6 Å². The van der Waals surface area contributed by atoms with Crippen molar-refractivity contribution in [1.29, 1.82) is 0 Å². The molecule has 0 bridgehead atoms. The number of carbonyl (C=O) groups excluding carboxylic acids is 3. The molecule has 1 aromatic rings. The molecule has 2 rings (SSSR count). The van der Waals surface area contributed by atoms with Gasteiger partial charge in [0.25, 0.3) is 17.7 Å². The van der Waals surface area contributed by atoms with Crippen LogP contribution >= 0.6 is 0 Å². The van der Waals surface area contributed by atoms with Gasteiger partial charge in [-0.15, -0.1) is 0 Å². The van der Waals surface area contributed by atoms with E-state index < -0.39 is 0 Å². The van der Waals surface area contributed by atoms with Crippen LogP contribution in [0.15, 0.2) is 24.3 Å². The minimum absolute atomic E-state index is 0.000255. The zero-order valence-corrected chi connectivity index (χ0v) is 18.3. The second kappa shape index (κ2) is 10.5. The fourth-order valence-corrected chi connectivity index (χ4v) is 3.38. The van der Waals surface area contributed by atoms with Crippen molar-refractivity contribution in [2.24, 2.45) is 0 Å². The molecule has 1 saturated heterocycles. The predicted octanol–water partition coefficient (Wildman–Crippen LogP) is -2.08. The number of hydrogen-bond donors (Lipinski definition) is 4. The van der Waals surface area contributed by atoms with Crippen molar-refractivity contribution in [3.63, 3.8) is 0 Å². The van der Waals surface area contributed by atoms with Gasteiger partial charge < -0.3 is 25.3 Å². The van der Waals surface area contributed by atoms with E-state index in [1.54, 1.807) is 11.9 Å². The van der Waals surface area contributed by atoms with Crippen molar-refractivity contribution in [2.75, 3.05) is 58.2 Å². The van der Waals surface area contributed by atoms with Crippen molar-refractivity contribution >= 4 is 23.4 Å². The molecule has 4 N–H and O–H groups in total. The quantitative estimate of drug-likeness (QED) is 0.406. The molecule has 1 aromatic carbocycles. The number of nitrogens with one attached hydrogen (secondary N) is 4. The summed E-state index contributed by atoms with van der Waals surface area (Å²) in [4.78, 5) is 40.5. The first-order valence-corrected chi connectivity index (χ1v) is 10.3. The molecule has 1 fully saturated rings. The lowest BCUT2D eigenvalue weighted by atomic mass is 10.1. The number of hydrogen-bond acceptors (Lipinski definition) is 3. The fraction of sp³-hybridized carbons (Fsp3) is 0.571. The number of anilines is 1. The SMILES string of the molecule is C[NH+](CC(=O)Nc1ccc(F)cc1)CC(=O)N1CC[NH+](CC(=O)NC(C)(C)C)CC1. The number of benzene rings is 1. The predicted molar refractivity (Wildman–Crippen MR) is 112 cm³/mol. The molecule has 166 valence electrons. The Morgan fingerprint density at radius 2 is 1.67 bits per heavy atom. The van der Waals surface area contributed by atoms with Crippen molar-refractivity contribution in [3.05, 3.63) is 30.1 Å². The Morgan fingerprint density at radius 3 is 2.23 bits per heavy atom. The van der Waals surface area contributed by atoms with Gasteiger partial charge in [0.1, 0.15) is 5.82 Å². The number of quaternary nitrogens is 2. The van der Waals surface area contributed by atoms with E-state index in [9.17, 15) is 18.8 Å². The Labute approximate surface area is 177 Å². The van der Waals surface area contributed by atoms with Gasteiger partial charge in [-0.1, -0.05) is 0 Å². The molecule has 30 heavy (non-hydrogen) atoms. The van der Waals surface area contributed by atoms with Gasteiger partial charge in [-0.25, -0.2) is 4.39 Å². The highest BCUT2D eigenvalue weighted by atomic mass is 19.1. The Hall–Kier alpha value is -2.52. The molecular weight excluding hydrogens is 389 g/mol. The molecule has 9 heteroatoms. The summed E-state index contributed by atoms with van der Waals surface area (Å²) < 4.78 is 12.9. The van der Waals surface area contributed by atoms with Crippen LogP contribution in [0.2, 0.25) is 0 Å². The summed E-state index contributed by atoms with van der Waals surface area (Å²) >= 11 is 0. The van der Waals surface area contributed by atoms with Gasteiger partial charge in [0.05, 0.1) is 33.2 Å². The molecule has 1 aliphatic heterocycles. The summed E-state index contributed by atoms with van der Waals surface area (Å²) in [7, 11) is 1.79. The molecule has 0 aromatic heterocycles. The summed E-state index contributed by atoms with van der Waals surface area (Å²) in [5.41, 5.74) is 0.278. The summed E-state index contributed by atoms with van der Waals surface area (Å²) in [5, 5.41) is 5.66. The smallest absolute Gasteiger partial charge is 0.279 e. The maximum absolute atomic E-state index is 12.9. The summed E-state index contributed by atoms with van der Waals surface area (Å²) in [6.07, 6.45) is 0. The third-order valence-electron chi connectivity index (χ3n) is 4.79. The van der Waals surface area contributed by atoms with E-state index in [1.165, 1.54) is 29.2 Å². The number of halogens is 1. The number of rotatable bonds is 7. The van der Waals surface area contributed by atoms with E-state index in [0.29, 0.717) is 25.3 Å². The lowest BCUT2D eigenvalue weighted by Crippen LogP contribution is -3.16. The van der Waals surface area contributed by atoms with E-state index in [1.807, 2.05) is 20.8 Å². The third-order valence-corrected chi connectivity index (χ3v) is 4.79. The van der Waals surface area contributed by atoms with Crippen LogP contribution in [0.25, 0.3) is 0 Å². The second-order valence-corrected chi connectivity index (χ2v) is 8.97. The Bertz CT molecular complexity index is 740. The van der Waals surface area contributed by atoms with E-state index in [4.69, 9.17) is 0 Å². The molecule has 1 aliphatic rings. The zero-order valence-electron chi connectivity index (χ0n) is 18.3. The monoisotopic (exact) mass is 423 g/mol. The average Bonchev–Trinajstić information content (AvgIpc) is 2.62. The summed E-state index contributed by atoms with van der Waals surface area (Å²) in [6, 6.07) is 5.56. The molecule has 8 nitrogen and oxygen atoms in total. The first-order chi connectivity index (χ1) is 14.0. The van der Waals surface area contributed by atoms with Crippen LogP contribution in [0.1, 0.15) is 20.8 Å². The Balaban J connectivity index is 1.70. The van der Waals surface area contributed by atoms with Crippen LogP contribution in [0.5, 0.6) is 0 Å². The molecule has 3 amide bonds. The number of likely N-dealkylation sites (N-methyl/N-ethyl adjacent to an activating group) is 1. The van der Waals surface area contributed by atoms with Gasteiger partial charge in [0.2, 0.25) is 0 Å². The molecule has 0 saturated carbocycles. The lowest BCUT2D eigenvalue weighted by molar-refractivity contribution is -0.896. The maximum atomic E-state index is 12.9. The van der Waals surface area contributed by atoms with Crippen LogP contribution in [-0.2, 0) is 14.4 Å². The Kier molecular flexibility index (Phi) is 8.31. The zero-order chi connectivity index (χ0) is 22.3. The minimum Gasteiger partial charge on any atom is -0.347 e.